The molecule has 1 aromatic heterocycles. The smallest absolute Gasteiger partial charge is 0.322 e. The van der Waals surface area contributed by atoms with E-state index in [9.17, 15) is 4.79 Å². The summed E-state index contributed by atoms with van der Waals surface area (Å²) in [6.45, 7) is 4.00. The van der Waals surface area contributed by atoms with E-state index >= 15 is 0 Å². The summed E-state index contributed by atoms with van der Waals surface area (Å²) >= 11 is 0. The molecule has 0 unspecified atom stereocenters. The molecule has 0 aliphatic carbocycles. The number of nitrogens with one attached hydrogen (secondary N) is 1. The Hall–Kier alpha value is -3.93. The van der Waals surface area contributed by atoms with E-state index in [0.717, 1.165) is 16.7 Å². The van der Waals surface area contributed by atoms with Crippen LogP contribution in [0.4, 0.5) is 6.01 Å². The summed E-state index contributed by atoms with van der Waals surface area (Å²) in [5.41, 5.74) is 3.43. The Kier molecular flexibility index (Phi) is 5.07. The number of carbonyl (C=O) groups excluding carboxylic acids is 1. The number of para-hydroxylation sites is 1. The van der Waals surface area contributed by atoms with Gasteiger partial charge in [0.25, 0.3) is 5.91 Å². The van der Waals surface area contributed by atoms with Crippen molar-refractivity contribution in [1.29, 1.82) is 0 Å². The molecule has 6 nitrogen and oxygen atoms in total. The molecule has 4 aromatic rings. The first-order valence-electron chi connectivity index (χ1n) is 9.13. The Labute approximate surface area is 168 Å². The van der Waals surface area contributed by atoms with Gasteiger partial charge >= 0.3 is 6.01 Å². The molecule has 0 saturated carbocycles. The average molecular weight is 385 g/mol. The highest BCUT2D eigenvalue weighted by Crippen LogP contribution is 2.24. The third-order valence-electron chi connectivity index (χ3n) is 4.19. The first kappa shape index (κ1) is 18.4. The molecule has 0 aliphatic heterocycles. The number of aromatic nitrogens is 2. The van der Waals surface area contributed by atoms with E-state index in [1.54, 1.807) is 24.3 Å². The van der Waals surface area contributed by atoms with Crippen LogP contribution in [0.5, 0.6) is 11.5 Å². The molecule has 1 heterocycles. The van der Waals surface area contributed by atoms with Crippen LogP contribution < -0.4 is 10.1 Å². The standard InChI is InChI=1S/C23H19N3O3/c1-15-11-16(2)13-18(12-15)22-25-26-23(29-22)24-21(27)17-7-6-10-20(14-17)28-19-8-4-3-5-9-19/h3-14H,1-2H3,(H,24,26,27). The van der Waals surface area contributed by atoms with Crippen LogP contribution in [0.3, 0.4) is 0 Å². The van der Waals surface area contributed by atoms with E-state index in [4.69, 9.17) is 9.15 Å². The highest BCUT2D eigenvalue weighted by atomic mass is 16.5. The predicted molar refractivity (Wildman–Crippen MR) is 110 cm³/mol. The third kappa shape index (κ3) is 4.50. The zero-order valence-electron chi connectivity index (χ0n) is 16.0. The van der Waals surface area contributed by atoms with Crippen LogP contribution >= 0.6 is 0 Å². The Balaban J connectivity index is 1.48. The lowest BCUT2D eigenvalue weighted by atomic mass is 10.1. The molecule has 29 heavy (non-hydrogen) atoms. The van der Waals surface area contributed by atoms with Crippen molar-refractivity contribution in [1.82, 2.24) is 10.2 Å². The number of hydrogen-bond donors (Lipinski definition) is 1. The summed E-state index contributed by atoms with van der Waals surface area (Å²) < 4.78 is 11.4. The van der Waals surface area contributed by atoms with E-state index in [1.807, 2.05) is 56.3 Å². The number of amides is 1. The van der Waals surface area contributed by atoms with Crippen molar-refractivity contribution in [3.63, 3.8) is 0 Å². The van der Waals surface area contributed by atoms with Crippen molar-refractivity contribution in [3.8, 4) is 23.0 Å². The number of benzene rings is 3. The topological polar surface area (TPSA) is 77.2 Å². The van der Waals surface area contributed by atoms with Crippen molar-refractivity contribution >= 4 is 11.9 Å². The van der Waals surface area contributed by atoms with Crippen LogP contribution in [0.15, 0.2) is 77.2 Å². The number of anilines is 1. The zero-order chi connectivity index (χ0) is 20.2. The Bertz CT molecular complexity index is 1130. The van der Waals surface area contributed by atoms with Gasteiger partial charge in [-0.2, -0.15) is 0 Å². The minimum atomic E-state index is -0.362. The van der Waals surface area contributed by atoms with Crippen LogP contribution in [0.25, 0.3) is 11.5 Å². The van der Waals surface area contributed by atoms with Gasteiger partial charge in [0.1, 0.15) is 11.5 Å². The van der Waals surface area contributed by atoms with Crippen LogP contribution in [0.2, 0.25) is 0 Å². The van der Waals surface area contributed by atoms with Gasteiger partial charge in [0.15, 0.2) is 0 Å². The summed E-state index contributed by atoms with van der Waals surface area (Å²) in [5.74, 6) is 1.25. The molecule has 144 valence electrons. The summed E-state index contributed by atoms with van der Waals surface area (Å²) in [6, 6.07) is 22.3. The van der Waals surface area contributed by atoms with E-state index in [0.29, 0.717) is 23.0 Å². The summed E-state index contributed by atoms with van der Waals surface area (Å²) in [6.07, 6.45) is 0. The lowest BCUT2D eigenvalue weighted by Gasteiger charge is -2.07. The van der Waals surface area contributed by atoms with Crippen LogP contribution in [0.1, 0.15) is 21.5 Å². The predicted octanol–water partition coefficient (Wildman–Crippen LogP) is 5.40. The maximum atomic E-state index is 12.6. The largest absolute Gasteiger partial charge is 0.457 e. The van der Waals surface area contributed by atoms with Crippen molar-refractivity contribution in [2.24, 2.45) is 0 Å². The van der Waals surface area contributed by atoms with Crippen LogP contribution in [0, 0.1) is 13.8 Å². The Morgan fingerprint density at radius 1 is 0.862 bits per heavy atom. The molecular weight excluding hydrogens is 366 g/mol. The van der Waals surface area contributed by atoms with Crippen molar-refractivity contribution < 1.29 is 13.9 Å². The second-order valence-corrected chi connectivity index (χ2v) is 6.69. The molecule has 0 bridgehead atoms. The molecule has 0 spiro atoms. The third-order valence-corrected chi connectivity index (χ3v) is 4.19. The van der Waals surface area contributed by atoms with E-state index in [-0.39, 0.29) is 11.9 Å². The lowest BCUT2D eigenvalue weighted by Crippen LogP contribution is -2.12. The molecule has 0 saturated heterocycles. The summed E-state index contributed by atoms with van der Waals surface area (Å²) in [4.78, 5) is 12.6. The number of carbonyl (C=O) groups is 1. The second-order valence-electron chi connectivity index (χ2n) is 6.69. The number of aryl methyl sites for hydroxylation is 2. The Morgan fingerprint density at radius 2 is 1.59 bits per heavy atom. The second kappa shape index (κ2) is 7.98. The Morgan fingerprint density at radius 3 is 2.34 bits per heavy atom. The molecule has 3 aromatic carbocycles. The van der Waals surface area contributed by atoms with Gasteiger partial charge in [-0.3, -0.25) is 10.1 Å². The monoisotopic (exact) mass is 385 g/mol. The van der Waals surface area contributed by atoms with Gasteiger partial charge in [0.2, 0.25) is 5.89 Å². The molecule has 6 heteroatoms. The van der Waals surface area contributed by atoms with E-state index < -0.39 is 0 Å². The zero-order valence-corrected chi connectivity index (χ0v) is 16.0. The number of ether oxygens (including phenoxy) is 1. The van der Waals surface area contributed by atoms with Gasteiger partial charge in [-0.25, -0.2) is 0 Å². The fraction of sp³-hybridized carbons (Fsp3) is 0.0870. The SMILES string of the molecule is Cc1cc(C)cc(-c2nnc(NC(=O)c3cccc(Oc4ccccc4)c3)o2)c1. The van der Waals surface area contributed by atoms with Crippen molar-refractivity contribution in [2.75, 3.05) is 5.32 Å². The normalized spacial score (nSPS) is 10.6. The first-order chi connectivity index (χ1) is 14.1. The van der Waals surface area contributed by atoms with Gasteiger partial charge in [-0.05, 0) is 56.3 Å². The fourth-order valence-corrected chi connectivity index (χ4v) is 2.98. The van der Waals surface area contributed by atoms with Gasteiger partial charge in [0, 0.05) is 11.1 Å². The molecule has 0 aliphatic rings. The van der Waals surface area contributed by atoms with Gasteiger partial charge in [-0.15, -0.1) is 5.10 Å². The van der Waals surface area contributed by atoms with E-state index in [2.05, 4.69) is 21.6 Å². The number of rotatable bonds is 5. The molecule has 0 atom stereocenters. The van der Waals surface area contributed by atoms with Gasteiger partial charge in [0.05, 0.1) is 0 Å². The lowest BCUT2D eigenvalue weighted by molar-refractivity contribution is 0.102. The van der Waals surface area contributed by atoms with Gasteiger partial charge in [-0.1, -0.05) is 46.6 Å². The minimum absolute atomic E-state index is 0.0403. The fourth-order valence-electron chi connectivity index (χ4n) is 2.98. The quantitative estimate of drug-likeness (QED) is 0.498. The molecule has 0 fully saturated rings. The van der Waals surface area contributed by atoms with Crippen molar-refractivity contribution in [3.05, 3.63) is 89.5 Å². The average Bonchev–Trinajstić information content (AvgIpc) is 3.17. The molecular formula is C23H19N3O3. The number of nitrogens with zero attached hydrogens (tertiary/aromatic N) is 2. The maximum absolute atomic E-state index is 12.6. The van der Waals surface area contributed by atoms with Crippen LogP contribution in [-0.2, 0) is 0 Å². The molecule has 0 radical (unpaired) electrons. The van der Waals surface area contributed by atoms with E-state index in [1.165, 1.54) is 0 Å². The highest BCUT2D eigenvalue weighted by molar-refractivity contribution is 6.03. The highest BCUT2D eigenvalue weighted by Gasteiger charge is 2.14. The molecule has 1 amide bonds. The maximum Gasteiger partial charge on any atom is 0.322 e. The molecule has 1 N–H and O–H groups in total. The van der Waals surface area contributed by atoms with Crippen molar-refractivity contribution in [2.45, 2.75) is 13.8 Å². The number of hydrogen-bond acceptors (Lipinski definition) is 5. The summed E-state index contributed by atoms with van der Waals surface area (Å²) in [5, 5.41) is 10.6. The van der Waals surface area contributed by atoms with Crippen LogP contribution in [-0.4, -0.2) is 16.1 Å². The first-order valence-corrected chi connectivity index (χ1v) is 9.13. The molecule has 4 rings (SSSR count). The van der Waals surface area contributed by atoms with Gasteiger partial charge < -0.3 is 9.15 Å². The minimum Gasteiger partial charge on any atom is -0.457 e. The summed E-state index contributed by atoms with van der Waals surface area (Å²) in [7, 11) is 0.